The highest BCUT2D eigenvalue weighted by Crippen LogP contribution is 2.07. The lowest BCUT2D eigenvalue weighted by atomic mass is 10.0. The molecule has 15 heavy (non-hydrogen) atoms. The molecule has 4 heteroatoms. The van der Waals surface area contributed by atoms with Crippen LogP contribution in [0.4, 0.5) is 0 Å². The highest BCUT2D eigenvalue weighted by atomic mass is 16.4. The summed E-state index contributed by atoms with van der Waals surface area (Å²) in [7, 11) is 3.64. The molecule has 0 spiro atoms. The van der Waals surface area contributed by atoms with Crippen molar-refractivity contribution in [3.63, 3.8) is 0 Å². The van der Waals surface area contributed by atoms with Crippen molar-refractivity contribution in [3.05, 3.63) is 0 Å². The van der Waals surface area contributed by atoms with E-state index in [2.05, 4.69) is 24.1 Å². The van der Waals surface area contributed by atoms with Crippen LogP contribution in [0.5, 0.6) is 0 Å². The molecule has 0 radical (unpaired) electrons. The maximum absolute atomic E-state index is 11.0. The molecule has 0 aromatic rings. The second-order valence-electron chi connectivity index (χ2n) is 4.81. The Morgan fingerprint density at radius 2 is 2.07 bits per heavy atom. The number of nitrogens with zero attached hydrogens (tertiary/aromatic N) is 1. The predicted octanol–water partition coefficient (Wildman–Crippen LogP) is 1.03. The Balaban J connectivity index is 4.13. The molecule has 0 aliphatic heterocycles. The van der Waals surface area contributed by atoms with Crippen molar-refractivity contribution in [2.24, 2.45) is 5.92 Å². The van der Waals surface area contributed by atoms with E-state index in [1.165, 1.54) is 0 Å². The highest BCUT2D eigenvalue weighted by Gasteiger charge is 2.32. The lowest BCUT2D eigenvalue weighted by molar-refractivity contribution is -0.144. The molecule has 0 amide bonds. The average Bonchev–Trinajstić information content (AvgIpc) is 2.14. The molecule has 0 rings (SSSR count). The molecule has 4 nitrogen and oxygen atoms in total. The molecule has 90 valence electrons. The van der Waals surface area contributed by atoms with Crippen molar-refractivity contribution in [1.29, 1.82) is 0 Å². The quantitative estimate of drug-likeness (QED) is 0.667. The maximum atomic E-state index is 11.0. The number of aliphatic carboxylic acids is 1. The summed E-state index contributed by atoms with van der Waals surface area (Å²) in [6, 6.07) is 0. The van der Waals surface area contributed by atoms with Crippen molar-refractivity contribution in [1.82, 2.24) is 10.2 Å². The van der Waals surface area contributed by atoms with Gasteiger partial charge in [0.05, 0.1) is 0 Å². The number of rotatable bonds is 7. The lowest BCUT2D eigenvalue weighted by Gasteiger charge is -2.30. The zero-order valence-electron chi connectivity index (χ0n) is 10.5. The van der Waals surface area contributed by atoms with Gasteiger partial charge in [-0.3, -0.25) is 4.79 Å². The fourth-order valence-corrected chi connectivity index (χ4v) is 1.35. The van der Waals surface area contributed by atoms with E-state index in [1.807, 2.05) is 7.05 Å². The summed E-state index contributed by atoms with van der Waals surface area (Å²) in [6.45, 7) is 7.50. The number of likely N-dealkylation sites (N-methyl/N-ethyl adjacent to an activating group) is 2. The molecule has 0 aromatic heterocycles. The van der Waals surface area contributed by atoms with Crippen LogP contribution in [0.3, 0.4) is 0 Å². The van der Waals surface area contributed by atoms with E-state index in [0.29, 0.717) is 12.5 Å². The number of carboxylic acids is 1. The third kappa shape index (κ3) is 5.14. The van der Waals surface area contributed by atoms with Gasteiger partial charge in [0.15, 0.2) is 0 Å². The van der Waals surface area contributed by atoms with Gasteiger partial charge in [0.25, 0.3) is 0 Å². The second-order valence-corrected chi connectivity index (χ2v) is 4.81. The normalized spacial score (nSPS) is 15.7. The summed E-state index contributed by atoms with van der Waals surface area (Å²) in [5.41, 5.74) is -0.855. The first kappa shape index (κ1) is 14.4. The van der Waals surface area contributed by atoms with Crippen LogP contribution in [0.25, 0.3) is 0 Å². The topological polar surface area (TPSA) is 52.6 Å². The van der Waals surface area contributed by atoms with E-state index in [0.717, 1.165) is 13.0 Å². The van der Waals surface area contributed by atoms with Gasteiger partial charge in [-0.05, 0) is 39.9 Å². The molecular weight excluding hydrogens is 192 g/mol. The first-order valence-electron chi connectivity index (χ1n) is 5.42. The Hall–Kier alpha value is -0.610. The molecule has 1 atom stereocenters. The standard InChI is InChI=1S/C11H24N2O2/c1-9(2)6-7-13(5)8-11(3,12-4)10(14)15/h9,12H,6-8H2,1-5H3,(H,14,15). The average molecular weight is 216 g/mol. The van der Waals surface area contributed by atoms with Crippen LogP contribution in [0.2, 0.25) is 0 Å². The van der Waals surface area contributed by atoms with Crippen molar-refractivity contribution < 1.29 is 9.90 Å². The fourth-order valence-electron chi connectivity index (χ4n) is 1.35. The van der Waals surface area contributed by atoms with Crippen LogP contribution in [-0.4, -0.2) is 48.7 Å². The van der Waals surface area contributed by atoms with Crippen LogP contribution in [-0.2, 0) is 4.79 Å². The Bertz CT molecular complexity index is 207. The van der Waals surface area contributed by atoms with Crippen LogP contribution >= 0.6 is 0 Å². The van der Waals surface area contributed by atoms with Crippen LogP contribution in [0.1, 0.15) is 27.2 Å². The summed E-state index contributed by atoms with van der Waals surface area (Å²) in [5, 5.41) is 11.9. The van der Waals surface area contributed by atoms with Crippen molar-refractivity contribution in [2.75, 3.05) is 27.2 Å². The van der Waals surface area contributed by atoms with Crippen molar-refractivity contribution in [3.8, 4) is 0 Å². The first-order valence-corrected chi connectivity index (χ1v) is 5.42. The zero-order valence-corrected chi connectivity index (χ0v) is 10.5. The van der Waals surface area contributed by atoms with E-state index in [4.69, 9.17) is 5.11 Å². The van der Waals surface area contributed by atoms with Gasteiger partial charge in [-0.1, -0.05) is 13.8 Å². The Morgan fingerprint density at radius 1 is 1.53 bits per heavy atom. The first-order chi connectivity index (χ1) is 6.81. The minimum Gasteiger partial charge on any atom is -0.480 e. The van der Waals surface area contributed by atoms with Crippen LogP contribution in [0, 0.1) is 5.92 Å². The van der Waals surface area contributed by atoms with Gasteiger partial charge in [0.1, 0.15) is 5.54 Å². The van der Waals surface area contributed by atoms with Crippen LogP contribution in [0.15, 0.2) is 0 Å². The molecule has 0 fully saturated rings. The molecule has 1 unspecified atom stereocenters. The van der Waals surface area contributed by atoms with Gasteiger partial charge in [-0.2, -0.15) is 0 Å². The van der Waals surface area contributed by atoms with Gasteiger partial charge < -0.3 is 15.3 Å². The highest BCUT2D eigenvalue weighted by molar-refractivity contribution is 5.78. The maximum Gasteiger partial charge on any atom is 0.324 e. The zero-order chi connectivity index (χ0) is 12.1. The summed E-state index contributed by atoms with van der Waals surface area (Å²) >= 11 is 0. The molecule has 0 saturated heterocycles. The Kier molecular flexibility index (Phi) is 5.83. The van der Waals surface area contributed by atoms with Crippen LogP contribution < -0.4 is 5.32 Å². The van der Waals surface area contributed by atoms with Gasteiger partial charge in [-0.25, -0.2) is 0 Å². The van der Waals surface area contributed by atoms with Gasteiger partial charge in [0, 0.05) is 6.54 Å². The second kappa shape index (κ2) is 6.08. The lowest BCUT2D eigenvalue weighted by Crippen LogP contribution is -2.55. The van der Waals surface area contributed by atoms with Gasteiger partial charge in [0.2, 0.25) is 0 Å². The monoisotopic (exact) mass is 216 g/mol. The summed E-state index contributed by atoms with van der Waals surface area (Å²) < 4.78 is 0. The van der Waals surface area contributed by atoms with E-state index in [1.54, 1.807) is 14.0 Å². The predicted molar refractivity (Wildman–Crippen MR) is 62.1 cm³/mol. The number of hydrogen-bond donors (Lipinski definition) is 2. The fraction of sp³-hybridized carbons (Fsp3) is 0.909. The molecule has 0 aliphatic rings. The number of carboxylic acid groups (broad SMARTS) is 1. The smallest absolute Gasteiger partial charge is 0.324 e. The number of carbonyl (C=O) groups is 1. The van der Waals surface area contributed by atoms with Crippen molar-refractivity contribution >= 4 is 5.97 Å². The third-order valence-corrected chi connectivity index (χ3v) is 2.70. The molecule has 0 aromatic carbocycles. The van der Waals surface area contributed by atoms with Gasteiger partial charge in [-0.15, -0.1) is 0 Å². The molecular formula is C11H24N2O2. The third-order valence-electron chi connectivity index (χ3n) is 2.70. The molecule has 2 N–H and O–H groups in total. The summed E-state index contributed by atoms with van der Waals surface area (Å²) in [6.07, 6.45) is 1.09. The van der Waals surface area contributed by atoms with Crippen molar-refractivity contribution in [2.45, 2.75) is 32.7 Å². The van der Waals surface area contributed by atoms with Gasteiger partial charge >= 0.3 is 5.97 Å². The summed E-state index contributed by atoms with van der Waals surface area (Å²) in [5.74, 6) is -0.153. The molecule has 0 bridgehead atoms. The minimum absolute atomic E-state index is 0.519. The van der Waals surface area contributed by atoms with E-state index in [9.17, 15) is 4.79 Å². The molecule has 0 heterocycles. The van der Waals surface area contributed by atoms with E-state index >= 15 is 0 Å². The largest absolute Gasteiger partial charge is 0.480 e. The molecule has 0 aliphatic carbocycles. The minimum atomic E-state index is -0.855. The Morgan fingerprint density at radius 3 is 2.40 bits per heavy atom. The van der Waals surface area contributed by atoms with E-state index < -0.39 is 11.5 Å². The number of nitrogens with one attached hydrogen (secondary N) is 1. The SMILES string of the molecule is CNC(C)(CN(C)CCC(C)C)C(=O)O. The van der Waals surface area contributed by atoms with E-state index in [-0.39, 0.29) is 0 Å². The molecule has 0 saturated carbocycles. The Labute approximate surface area is 92.7 Å². The summed E-state index contributed by atoms with van der Waals surface area (Å²) in [4.78, 5) is 13.1. The number of hydrogen-bond acceptors (Lipinski definition) is 3.